The number of halogens is 1. The molecule has 1 rings (SSSR count). The lowest BCUT2D eigenvalue weighted by Gasteiger charge is -2.31. The van der Waals surface area contributed by atoms with Crippen LogP contribution in [-0.2, 0) is 6.42 Å². The average molecular weight is 326 g/mol. The highest BCUT2D eigenvalue weighted by molar-refractivity contribution is 6.29. The lowest BCUT2D eigenvalue weighted by atomic mass is 10.1. The number of nitrogens with one attached hydrogen (secondary N) is 2. The molecular weight excluding hydrogens is 298 g/mol. The number of pyridine rings is 1. The number of aliphatic imine (C=N–C) groups is 1. The van der Waals surface area contributed by atoms with Gasteiger partial charge in [0.05, 0.1) is 6.54 Å². The van der Waals surface area contributed by atoms with Crippen molar-refractivity contribution in [1.29, 1.82) is 0 Å². The molecule has 0 radical (unpaired) electrons. The second-order valence-electron chi connectivity index (χ2n) is 6.07. The van der Waals surface area contributed by atoms with Gasteiger partial charge in [-0.3, -0.25) is 4.99 Å². The first kappa shape index (κ1) is 18.7. The monoisotopic (exact) mass is 325 g/mol. The molecule has 0 aliphatic carbocycles. The molecule has 0 saturated heterocycles. The lowest BCUT2D eigenvalue weighted by molar-refractivity contribution is 0.204. The summed E-state index contributed by atoms with van der Waals surface area (Å²) in [6.45, 7) is 8.81. The molecule has 5 nitrogen and oxygen atoms in total. The Morgan fingerprint density at radius 3 is 2.59 bits per heavy atom. The van der Waals surface area contributed by atoms with E-state index in [0.717, 1.165) is 37.6 Å². The van der Waals surface area contributed by atoms with Crippen LogP contribution < -0.4 is 10.6 Å². The van der Waals surface area contributed by atoms with Crippen LogP contribution in [0.2, 0.25) is 5.15 Å². The van der Waals surface area contributed by atoms with Crippen molar-refractivity contribution < 1.29 is 0 Å². The zero-order chi connectivity index (χ0) is 16.6. The van der Waals surface area contributed by atoms with Crippen LogP contribution in [0.25, 0.3) is 0 Å². The van der Waals surface area contributed by atoms with Crippen LogP contribution in [0.1, 0.15) is 26.3 Å². The molecule has 0 aliphatic heterocycles. The summed E-state index contributed by atoms with van der Waals surface area (Å²) in [4.78, 5) is 10.9. The maximum atomic E-state index is 5.79. The van der Waals surface area contributed by atoms with Crippen LogP contribution in [0.5, 0.6) is 0 Å². The van der Waals surface area contributed by atoms with E-state index in [2.05, 4.69) is 60.4 Å². The maximum absolute atomic E-state index is 5.79. The van der Waals surface area contributed by atoms with Gasteiger partial charge in [-0.15, -0.1) is 0 Å². The van der Waals surface area contributed by atoms with Gasteiger partial charge in [0.25, 0.3) is 0 Å². The van der Waals surface area contributed by atoms with E-state index in [4.69, 9.17) is 11.6 Å². The largest absolute Gasteiger partial charge is 0.357 e. The standard InChI is InChI=1S/C16H28ClN5/c1-6-18-15(21-12-16(2,3)22(4)5)19-10-9-13-7-8-14(17)20-11-13/h7-8,11H,6,9-10,12H2,1-5H3,(H2,18,19,21). The molecule has 0 aliphatic rings. The van der Waals surface area contributed by atoms with Crippen molar-refractivity contribution in [3.8, 4) is 0 Å². The summed E-state index contributed by atoms with van der Waals surface area (Å²) < 4.78 is 0. The third-order valence-corrected chi connectivity index (χ3v) is 3.90. The number of likely N-dealkylation sites (N-methyl/N-ethyl adjacent to an activating group) is 1. The number of hydrogen-bond donors (Lipinski definition) is 2. The van der Waals surface area contributed by atoms with Gasteiger partial charge < -0.3 is 15.5 Å². The van der Waals surface area contributed by atoms with Crippen LogP contribution in [0.3, 0.4) is 0 Å². The number of rotatable bonds is 7. The zero-order valence-electron chi connectivity index (χ0n) is 14.3. The van der Waals surface area contributed by atoms with Crippen LogP contribution in [0, 0.1) is 0 Å². The summed E-state index contributed by atoms with van der Waals surface area (Å²) in [6.07, 6.45) is 2.69. The normalized spacial score (nSPS) is 12.6. The first-order valence-corrected chi connectivity index (χ1v) is 8.03. The number of aromatic nitrogens is 1. The van der Waals surface area contributed by atoms with E-state index in [9.17, 15) is 0 Å². The number of hydrogen-bond acceptors (Lipinski definition) is 3. The minimum absolute atomic E-state index is 0.0302. The Morgan fingerprint density at radius 2 is 2.05 bits per heavy atom. The molecular formula is C16H28ClN5. The van der Waals surface area contributed by atoms with Crippen LogP contribution in [-0.4, -0.2) is 55.1 Å². The Kier molecular flexibility index (Phi) is 7.62. The highest BCUT2D eigenvalue weighted by atomic mass is 35.5. The molecule has 1 aromatic rings. The van der Waals surface area contributed by atoms with Gasteiger partial charge in [-0.2, -0.15) is 0 Å². The molecule has 0 saturated carbocycles. The molecule has 6 heteroatoms. The lowest BCUT2D eigenvalue weighted by Crippen LogP contribution is -2.44. The van der Waals surface area contributed by atoms with E-state index in [-0.39, 0.29) is 5.54 Å². The second-order valence-corrected chi connectivity index (χ2v) is 6.46. The van der Waals surface area contributed by atoms with E-state index in [1.54, 1.807) is 0 Å². The predicted octanol–water partition coefficient (Wildman–Crippen LogP) is 2.17. The molecule has 0 spiro atoms. The fraction of sp³-hybridized carbons (Fsp3) is 0.625. The molecule has 124 valence electrons. The van der Waals surface area contributed by atoms with Crippen molar-refractivity contribution in [3.63, 3.8) is 0 Å². The van der Waals surface area contributed by atoms with Crippen LogP contribution >= 0.6 is 11.6 Å². The molecule has 22 heavy (non-hydrogen) atoms. The van der Waals surface area contributed by atoms with Crippen LogP contribution in [0.15, 0.2) is 23.3 Å². The second kappa shape index (κ2) is 8.96. The Bertz CT molecular complexity index is 468. The molecule has 0 atom stereocenters. The third kappa shape index (κ3) is 6.62. The SMILES string of the molecule is CCNC(=NCC(C)(C)N(C)C)NCCc1ccc(Cl)nc1. The van der Waals surface area contributed by atoms with Gasteiger partial charge in [0.2, 0.25) is 0 Å². The minimum atomic E-state index is 0.0302. The molecule has 0 fully saturated rings. The van der Waals surface area contributed by atoms with Gasteiger partial charge in [0, 0.05) is 24.8 Å². The van der Waals surface area contributed by atoms with Crippen LogP contribution in [0.4, 0.5) is 0 Å². The Balaban J connectivity index is 2.51. The zero-order valence-corrected chi connectivity index (χ0v) is 15.0. The van der Waals surface area contributed by atoms with Gasteiger partial charge in [-0.05, 0) is 52.9 Å². The topological polar surface area (TPSA) is 52.6 Å². The van der Waals surface area contributed by atoms with Crippen molar-refractivity contribution >= 4 is 17.6 Å². The van der Waals surface area contributed by atoms with E-state index < -0.39 is 0 Å². The number of nitrogens with zero attached hydrogens (tertiary/aromatic N) is 3. The minimum Gasteiger partial charge on any atom is -0.357 e. The third-order valence-electron chi connectivity index (χ3n) is 3.67. The molecule has 0 aromatic carbocycles. The Hall–Kier alpha value is -1.33. The molecule has 1 heterocycles. The fourth-order valence-corrected chi connectivity index (χ4v) is 1.75. The van der Waals surface area contributed by atoms with Crippen molar-refractivity contribution in [2.45, 2.75) is 32.7 Å². The maximum Gasteiger partial charge on any atom is 0.191 e. The molecule has 1 aromatic heterocycles. The summed E-state index contributed by atoms with van der Waals surface area (Å²) in [5.74, 6) is 0.847. The molecule has 0 unspecified atom stereocenters. The first-order chi connectivity index (χ1) is 10.3. The van der Waals surface area contributed by atoms with Gasteiger partial charge in [0.1, 0.15) is 5.15 Å². The van der Waals surface area contributed by atoms with Crippen molar-refractivity contribution in [2.75, 3.05) is 33.7 Å². The van der Waals surface area contributed by atoms with E-state index >= 15 is 0 Å². The van der Waals surface area contributed by atoms with Crippen molar-refractivity contribution in [1.82, 2.24) is 20.5 Å². The fourth-order valence-electron chi connectivity index (χ4n) is 1.64. The Morgan fingerprint density at radius 1 is 1.32 bits per heavy atom. The van der Waals surface area contributed by atoms with Gasteiger partial charge in [0.15, 0.2) is 5.96 Å². The van der Waals surface area contributed by atoms with E-state index in [1.165, 1.54) is 0 Å². The predicted molar refractivity (Wildman–Crippen MR) is 94.7 cm³/mol. The Labute approximate surface area is 139 Å². The van der Waals surface area contributed by atoms with E-state index in [0.29, 0.717) is 5.15 Å². The smallest absolute Gasteiger partial charge is 0.191 e. The molecule has 0 amide bonds. The average Bonchev–Trinajstić information content (AvgIpc) is 2.46. The highest BCUT2D eigenvalue weighted by Crippen LogP contribution is 2.09. The summed E-state index contributed by atoms with van der Waals surface area (Å²) >= 11 is 5.79. The summed E-state index contributed by atoms with van der Waals surface area (Å²) in [5.41, 5.74) is 1.18. The van der Waals surface area contributed by atoms with Gasteiger partial charge in [-0.1, -0.05) is 17.7 Å². The van der Waals surface area contributed by atoms with Gasteiger partial charge >= 0.3 is 0 Å². The van der Waals surface area contributed by atoms with Crippen molar-refractivity contribution in [2.24, 2.45) is 4.99 Å². The summed E-state index contributed by atoms with van der Waals surface area (Å²) in [6, 6.07) is 3.81. The quantitative estimate of drug-likeness (QED) is 0.458. The summed E-state index contributed by atoms with van der Waals surface area (Å²) in [7, 11) is 4.15. The molecule has 0 bridgehead atoms. The summed E-state index contributed by atoms with van der Waals surface area (Å²) in [5, 5.41) is 7.15. The highest BCUT2D eigenvalue weighted by Gasteiger charge is 2.19. The van der Waals surface area contributed by atoms with E-state index in [1.807, 2.05) is 18.3 Å². The van der Waals surface area contributed by atoms with Gasteiger partial charge in [-0.25, -0.2) is 4.98 Å². The number of guanidine groups is 1. The van der Waals surface area contributed by atoms with Crippen molar-refractivity contribution in [3.05, 3.63) is 29.0 Å². The first-order valence-electron chi connectivity index (χ1n) is 7.65. The molecule has 2 N–H and O–H groups in total.